The topological polar surface area (TPSA) is 72.5 Å². The first kappa shape index (κ1) is 17.7. The van der Waals surface area contributed by atoms with E-state index in [1.807, 2.05) is 13.8 Å². The van der Waals surface area contributed by atoms with E-state index in [0.717, 1.165) is 18.4 Å². The lowest BCUT2D eigenvalue weighted by atomic mass is 10.1. The van der Waals surface area contributed by atoms with Gasteiger partial charge in [0, 0.05) is 0 Å². The number of carbonyl (C=O) groups is 1. The summed E-state index contributed by atoms with van der Waals surface area (Å²) in [6, 6.07) is 5.66. The Morgan fingerprint density at radius 2 is 1.86 bits per heavy atom. The Labute approximate surface area is 126 Å². The van der Waals surface area contributed by atoms with E-state index < -0.39 is 22.0 Å². The van der Waals surface area contributed by atoms with Gasteiger partial charge in [-0.1, -0.05) is 37.5 Å². The number of ether oxygens (including phenoxy) is 1. The SMILES string of the molecule is CCCCC(NS(=O)(=O)c1ccc(C)cc1)C(=O)OCC. The Hall–Kier alpha value is -1.40. The molecule has 0 amide bonds. The van der Waals surface area contributed by atoms with Crippen molar-refractivity contribution in [2.24, 2.45) is 0 Å². The van der Waals surface area contributed by atoms with E-state index in [0.29, 0.717) is 6.42 Å². The number of hydrogen-bond acceptors (Lipinski definition) is 4. The van der Waals surface area contributed by atoms with Gasteiger partial charge in [0.05, 0.1) is 11.5 Å². The van der Waals surface area contributed by atoms with Crippen molar-refractivity contribution in [3.63, 3.8) is 0 Å². The zero-order chi connectivity index (χ0) is 15.9. The van der Waals surface area contributed by atoms with E-state index >= 15 is 0 Å². The standard InChI is InChI=1S/C15H23NO4S/c1-4-6-7-14(15(17)20-5-2)16-21(18,19)13-10-8-12(3)9-11-13/h8-11,14,16H,4-7H2,1-3H3. The van der Waals surface area contributed by atoms with Crippen molar-refractivity contribution in [2.75, 3.05) is 6.61 Å². The second-order valence-corrected chi connectivity index (χ2v) is 6.60. The highest BCUT2D eigenvalue weighted by molar-refractivity contribution is 7.89. The second-order valence-electron chi connectivity index (χ2n) is 4.88. The van der Waals surface area contributed by atoms with Gasteiger partial charge in [-0.25, -0.2) is 8.42 Å². The van der Waals surface area contributed by atoms with Crippen molar-refractivity contribution < 1.29 is 17.9 Å². The Bertz CT molecular complexity index is 552. The number of esters is 1. The minimum atomic E-state index is -3.72. The van der Waals surface area contributed by atoms with E-state index in [1.54, 1.807) is 19.1 Å². The molecule has 0 heterocycles. The van der Waals surface area contributed by atoms with Crippen LogP contribution in [-0.2, 0) is 19.6 Å². The number of rotatable bonds is 8. The lowest BCUT2D eigenvalue weighted by Crippen LogP contribution is -2.41. The average molecular weight is 313 g/mol. The molecule has 1 atom stereocenters. The van der Waals surface area contributed by atoms with Crippen LogP contribution in [0.5, 0.6) is 0 Å². The maximum atomic E-state index is 12.3. The minimum Gasteiger partial charge on any atom is -0.465 e. The van der Waals surface area contributed by atoms with Gasteiger partial charge in [-0.2, -0.15) is 4.72 Å². The van der Waals surface area contributed by atoms with Gasteiger partial charge in [-0.15, -0.1) is 0 Å². The molecular weight excluding hydrogens is 290 g/mol. The van der Waals surface area contributed by atoms with Crippen LogP contribution < -0.4 is 4.72 Å². The molecule has 0 fully saturated rings. The zero-order valence-corrected chi connectivity index (χ0v) is 13.6. The summed E-state index contributed by atoms with van der Waals surface area (Å²) in [7, 11) is -3.72. The van der Waals surface area contributed by atoms with Crippen LogP contribution in [0.4, 0.5) is 0 Å². The van der Waals surface area contributed by atoms with Crippen molar-refractivity contribution in [3.8, 4) is 0 Å². The first-order valence-corrected chi connectivity index (χ1v) is 8.64. The van der Waals surface area contributed by atoms with E-state index in [-0.39, 0.29) is 11.5 Å². The Morgan fingerprint density at radius 1 is 1.24 bits per heavy atom. The van der Waals surface area contributed by atoms with Gasteiger partial charge in [-0.3, -0.25) is 4.79 Å². The highest BCUT2D eigenvalue weighted by Gasteiger charge is 2.26. The van der Waals surface area contributed by atoms with E-state index in [1.165, 1.54) is 12.1 Å². The third-order valence-electron chi connectivity index (χ3n) is 3.05. The number of sulfonamides is 1. The molecule has 1 aromatic carbocycles. The lowest BCUT2D eigenvalue weighted by Gasteiger charge is -2.17. The number of carbonyl (C=O) groups excluding carboxylic acids is 1. The second kappa shape index (κ2) is 8.14. The molecule has 0 saturated carbocycles. The highest BCUT2D eigenvalue weighted by atomic mass is 32.2. The summed E-state index contributed by atoms with van der Waals surface area (Å²) in [5.41, 5.74) is 0.974. The Morgan fingerprint density at radius 3 is 2.38 bits per heavy atom. The van der Waals surface area contributed by atoms with Crippen LogP contribution in [-0.4, -0.2) is 27.0 Å². The van der Waals surface area contributed by atoms with Crippen LogP contribution in [0.25, 0.3) is 0 Å². The number of nitrogens with one attached hydrogen (secondary N) is 1. The summed E-state index contributed by atoms with van der Waals surface area (Å²) >= 11 is 0. The summed E-state index contributed by atoms with van der Waals surface area (Å²) in [4.78, 5) is 12.0. The van der Waals surface area contributed by atoms with Gasteiger partial charge in [-0.05, 0) is 32.4 Å². The van der Waals surface area contributed by atoms with Crippen molar-refractivity contribution in [1.82, 2.24) is 4.72 Å². The largest absolute Gasteiger partial charge is 0.465 e. The highest BCUT2D eigenvalue weighted by Crippen LogP contribution is 2.13. The Kier molecular flexibility index (Phi) is 6.84. The maximum Gasteiger partial charge on any atom is 0.324 e. The minimum absolute atomic E-state index is 0.152. The third kappa shape index (κ3) is 5.47. The van der Waals surface area contributed by atoms with Crippen LogP contribution >= 0.6 is 0 Å². The monoisotopic (exact) mass is 313 g/mol. The molecule has 1 aromatic rings. The molecule has 1 unspecified atom stereocenters. The molecule has 21 heavy (non-hydrogen) atoms. The molecule has 1 rings (SSSR count). The number of hydrogen-bond donors (Lipinski definition) is 1. The van der Waals surface area contributed by atoms with Gasteiger partial charge in [0.1, 0.15) is 6.04 Å². The van der Waals surface area contributed by atoms with Crippen molar-refractivity contribution in [1.29, 1.82) is 0 Å². The van der Waals surface area contributed by atoms with Crippen LogP contribution in [0, 0.1) is 6.92 Å². The fraction of sp³-hybridized carbons (Fsp3) is 0.533. The molecule has 0 radical (unpaired) electrons. The molecule has 0 spiro atoms. The third-order valence-corrected chi connectivity index (χ3v) is 4.53. The molecular formula is C15H23NO4S. The van der Waals surface area contributed by atoms with Gasteiger partial charge in [0.15, 0.2) is 0 Å². The molecule has 0 bridgehead atoms. The predicted molar refractivity (Wildman–Crippen MR) is 81.4 cm³/mol. The Balaban J connectivity index is 2.89. The molecule has 0 aliphatic heterocycles. The van der Waals surface area contributed by atoms with Gasteiger partial charge >= 0.3 is 5.97 Å². The van der Waals surface area contributed by atoms with Crippen molar-refractivity contribution in [3.05, 3.63) is 29.8 Å². The molecule has 0 aliphatic carbocycles. The molecule has 6 heteroatoms. The summed E-state index contributed by atoms with van der Waals surface area (Å²) in [6.45, 7) is 5.79. The number of unbranched alkanes of at least 4 members (excludes halogenated alkanes) is 1. The van der Waals surface area contributed by atoms with Crippen LogP contribution in [0.3, 0.4) is 0 Å². The molecule has 118 valence electrons. The molecule has 5 nitrogen and oxygen atoms in total. The summed E-state index contributed by atoms with van der Waals surface area (Å²) in [6.07, 6.45) is 2.06. The normalized spacial score (nSPS) is 12.9. The lowest BCUT2D eigenvalue weighted by molar-refractivity contribution is -0.145. The van der Waals surface area contributed by atoms with Crippen LogP contribution in [0.2, 0.25) is 0 Å². The predicted octanol–water partition coefficient (Wildman–Crippen LogP) is 2.40. The number of aryl methyl sites for hydroxylation is 1. The van der Waals surface area contributed by atoms with Crippen molar-refractivity contribution in [2.45, 2.75) is 51.0 Å². The van der Waals surface area contributed by atoms with Gasteiger partial charge < -0.3 is 4.74 Å². The molecule has 0 aromatic heterocycles. The molecule has 1 N–H and O–H groups in total. The smallest absolute Gasteiger partial charge is 0.324 e. The van der Waals surface area contributed by atoms with Crippen LogP contribution in [0.15, 0.2) is 29.2 Å². The van der Waals surface area contributed by atoms with Gasteiger partial charge in [0.2, 0.25) is 10.0 Å². The van der Waals surface area contributed by atoms with Gasteiger partial charge in [0.25, 0.3) is 0 Å². The number of benzene rings is 1. The fourth-order valence-corrected chi connectivity index (χ4v) is 3.07. The zero-order valence-electron chi connectivity index (χ0n) is 12.8. The average Bonchev–Trinajstić information content (AvgIpc) is 2.44. The summed E-state index contributed by atoms with van der Waals surface area (Å²) in [5, 5.41) is 0. The molecule has 0 aliphatic rings. The summed E-state index contributed by atoms with van der Waals surface area (Å²) in [5.74, 6) is -0.526. The van der Waals surface area contributed by atoms with E-state index in [9.17, 15) is 13.2 Å². The van der Waals surface area contributed by atoms with E-state index in [2.05, 4.69) is 4.72 Å². The fourth-order valence-electron chi connectivity index (χ4n) is 1.85. The summed E-state index contributed by atoms with van der Waals surface area (Å²) < 4.78 is 32.0. The first-order valence-electron chi connectivity index (χ1n) is 7.16. The van der Waals surface area contributed by atoms with Crippen molar-refractivity contribution >= 4 is 16.0 Å². The van der Waals surface area contributed by atoms with Crippen LogP contribution in [0.1, 0.15) is 38.7 Å². The quantitative estimate of drug-likeness (QED) is 0.748. The maximum absolute atomic E-state index is 12.3. The first-order chi connectivity index (χ1) is 9.90. The van der Waals surface area contributed by atoms with E-state index in [4.69, 9.17) is 4.74 Å². The molecule has 0 saturated heterocycles.